The van der Waals surface area contributed by atoms with Gasteiger partial charge in [0.25, 0.3) is 0 Å². The van der Waals surface area contributed by atoms with E-state index in [9.17, 15) is 0 Å². The van der Waals surface area contributed by atoms with Crippen LogP contribution in [0.25, 0.3) is 0 Å². The Morgan fingerprint density at radius 2 is 1.76 bits per heavy atom. The van der Waals surface area contributed by atoms with Crippen molar-refractivity contribution in [3.63, 3.8) is 0 Å². The van der Waals surface area contributed by atoms with E-state index in [2.05, 4.69) is 27.7 Å². The van der Waals surface area contributed by atoms with E-state index in [1.807, 2.05) is 0 Å². The zero-order valence-electron chi connectivity index (χ0n) is 11.7. The van der Waals surface area contributed by atoms with E-state index in [1.54, 1.807) is 0 Å². The minimum Gasteiger partial charge on any atom is -0.350 e. The molecule has 3 fully saturated rings. The molecule has 0 radical (unpaired) electrons. The summed E-state index contributed by atoms with van der Waals surface area (Å²) in [7, 11) is 0. The van der Waals surface area contributed by atoms with Gasteiger partial charge in [0.2, 0.25) is 0 Å². The molecule has 4 unspecified atom stereocenters. The number of hydrogen-bond acceptors (Lipinski definition) is 2. The number of rotatable bonds is 1. The van der Waals surface area contributed by atoms with Gasteiger partial charge in [-0.2, -0.15) is 0 Å². The zero-order valence-corrected chi connectivity index (χ0v) is 11.7. The summed E-state index contributed by atoms with van der Waals surface area (Å²) in [6.45, 7) is 10.9. The fourth-order valence-corrected chi connectivity index (χ4v) is 4.51. The molecule has 2 nitrogen and oxygen atoms in total. The summed E-state index contributed by atoms with van der Waals surface area (Å²) in [5.41, 5.74) is 0.352. The monoisotopic (exact) mass is 238 g/mol. The van der Waals surface area contributed by atoms with Crippen molar-refractivity contribution >= 4 is 0 Å². The lowest BCUT2D eigenvalue weighted by atomic mass is 9.66. The summed E-state index contributed by atoms with van der Waals surface area (Å²) < 4.78 is 12.1. The van der Waals surface area contributed by atoms with Crippen LogP contribution in [0.3, 0.4) is 0 Å². The average molecular weight is 238 g/mol. The van der Waals surface area contributed by atoms with Crippen molar-refractivity contribution in [2.24, 2.45) is 29.1 Å². The van der Waals surface area contributed by atoms with Gasteiger partial charge in [-0.25, -0.2) is 0 Å². The van der Waals surface area contributed by atoms with Crippen molar-refractivity contribution in [1.29, 1.82) is 0 Å². The molecule has 0 aromatic carbocycles. The average Bonchev–Trinajstić information content (AvgIpc) is 2.83. The molecule has 2 aliphatic carbocycles. The third-order valence-electron chi connectivity index (χ3n) is 6.19. The largest absolute Gasteiger partial charge is 0.350 e. The van der Waals surface area contributed by atoms with Crippen LogP contribution < -0.4 is 0 Å². The van der Waals surface area contributed by atoms with E-state index in [0.717, 1.165) is 43.3 Å². The quantitative estimate of drug-likeness (QED) is 0.696. The lowest BCUT2D eigenvalue weighted by Crippen LogP contribution is -2.52. The highest BCUT2D eigenvalue weighted by atomic mass is 16.7. The molecule has 3 rings (SSSR count). The molecule has 3 aliphatic rings. The number of fused-ring (bicyclic) bond motifs is 3. The first-order valence-electron chi connectivity index (χ1n) is 7.28. The SMILES string of the molecule is CCC1(C)OCC2(CO1)CC1CC2C(C)C1C. The van der Waals surface area contributed by atoms with Gasteiger partial charge in [0.1, 0.15) is 0 Å². The summed E-state index contributed by atoms with van der Waals surface area (Å²) in [4.78, 5) is 0. The predicted molar refractivity (Wildman–Crippen MR) is 67.6 cm³/mol. The van der Waals surface area contributed by atoms with Gasteiger partial charge in [0.15, 0.2) is 5.79 Å². The second-order valence-electron chi connectivity index (χ2n) is 6.95. The van der Waals surface area contributed by atoms with E-state index in [1.165, 1.54) is 12.8 Å². The maximum atomic E-state index is 6.07. The lowest BCUT2D eigenvalue weighted by molar-refractivity contribution is -0.306. The van der Waals surface area contributed by atoms with E-state index >= 15 is 0 Å². The van der Waals surface area contributed by atoms with Crippen LogP contribution in [0.1, 0.15) is 47.0 Å². The maximum Gasteiger partial charge on any atom is 0.165 e. The molecule has 0 N–H and O–H groups in total. The molecule has 4 atom stereocenters. The third-order valence-corrected chi connectivity index (χ3v) is 6.19. The number of ether oxygens (including phenoxy) is 2. The van der Waals surface area contributed by atoms with Crippen LogP contribution in [0.5, 0.6) is 0 Å². The third kappa shape index (κ3) is 1.60. The van der Waals surface area contributed by atoms with Crippen molar-refractivity contribution < 1.29 is 9.47 Å². The Morgan fingerprint density at radius 3 is 2.24 bits per heavy atom. The Bertz CT molecular complexity index is 302. The first-order chi connectivity index (χ1) is 8.00. The topological polar surface area (TPSA) is 18.5 Å². The highest BCUT2D eigenvalue weighted by Gasteiger charge is 2.59. The Labute approximate surface area is 105 Å². The Morgan fingerprint density at radius 1 is 1.12 bits per heavy atom. The van der Waals surface area contributed by atoms with Crippen molar-refractivity contribution in [2.45, 2.75) is 52.7 Å². The van der Waals surface area contributed by atoms with Gasteiger partial charge in [-0.05, 0) is 49.9 Å². The molecule has 0 aromatic rings. The van der Waals surface area contributed by atoms with Crippen LogP contribution >= 0.6 is 0 Å². The second-order valence-corrected chi connectivity index (χ2v) is 6.95. The summed E-state index contributed by atoms with van der Waals surface area (Å²) in [6, 6.07) is 0. The van der Waals surface area contributed by atoms with Crippen LogP contribution in [0, 0.1) is 29.1 Å². The molecule has 2 bridgehead atoms. The van der Waals surface area contributed by atoms with E-state index in [0.29, 0.717) is 5.41 Å². The summed E-state index contributed by atoms with van der Waals surface area (Å²) in [6.07, 6.45) is 3.70. The summed E-state index contributed by atoms with van der Waals surface area (Å²) >= 11 is 0. The Hall–Kier alpha value is -0.0800. The maximum absolute atomic E-state index is 6.07. The molecule has 0 aromatic heterocycles. The molecule has 1 heterocycles. The minimum atomic E-state index is -0.318. The normalized spacial score (nSPS) is 57.9. The van der Waals surface area contributed by atoms with Crippen LogP contribution in [0.4, 0.5) is 0 Å². The smallest absolute Gasteiger partial charge is 0.165 e. The predicted octanol–water partition coefficient (Wildman–Crippen LogP) is 3.46. The van der Waals surface area contributed by atoms with Crippen molar-refractivity contribution in [3.8, 4) is 0 Å². The molecule has 1 saturated heterocycles. The molecule has 2 heteroatoms. The molecule has 1 spiro atoms. The van der Waals surface area contributed by atoms with Gasteiger partial charge in [-0.15, -0.1) is 0 Å². The first-order valence-corrected chi connectivity index (χ1v) is 7.28. The van der Waals surface area contributed by atoms with Crippen molar-refractivity contribution in [1.82, 2.24) is 0 Å². The molecule has 0 amide bonds. The van der Waals surface area contributed by atoms with Crippen molar-refractivity contribution in [3.05, 3.63) is 0 Å². The highest BCUT2D eigenvalue weighted by Crippen LogP contribution is 2.62. The second kappa shape index (κ2) is 3.71. The molecular weight excluding hydrogens is 212 g/mol. The fraction of sp³-hybridized carbons (Fsp3) is 1.00. The molecule has 1 aliphatic heterocycles. The minimum absolute atomic E-state index is 0.318. The van der Waals surface area contributed by atoms with Crippen LogP contribution in [-0.2, 0) is 9.47 Å². The number of hydrogen-bond donors (Lipinski definition) is 0. The molecule has 2 saturated carbocycles. The fourth-order valence-electron chi connectivity index (χ4n) is 4.51. The van der Waals surface area contributed by atoms with E-state index in [4.69, 9.17) is 9.47 Å². The van der Waals surface area contributed by atoms with E-state index in [-0.39, 0.29) is 5.79 Å². The molecule has 98 valence electrons. The Balaban J connectivity index is 1.75. The zero-order chi connectivity index (χ0) is 12.3. The standard InChI is InChI=1S/C15H26O2/c1-5-14(4)16-8-15(9-17-14)7-12-6-13(15)11(3)10(12)2/h10-13H,5-9H2,1-4H3. The lowest BCUT2D eigenvalue weighted by Gasteiger charge is -2.49. The van der Waals surface area contributed by atoms with Gasteiger partial charge in [-0.3, -0.25) is 0 Å². The Kier molecular flexibility index (Phi) is 2.61. The van der Waals surface area contributed by atoms with Crippen LogP contribution in [0.15, 0.2) is 0 Å². The van der Waals surface area contributed by atoms with Crippen LogP contribution in [-0.4, -0.2) is 19.0 Å². The van der Waals surface area contributed by atoms with Gasteiger partial charge >= 0.3 is 0 Å². The molecule has 17 heavy (non-hydrogen) atoms. The summed E-state index contributed by atoms with van der Waals surface area (Å²) in [5, 5.41) is 0. The highest BCUT2D eigenvalue weighted by molar-refractivity contribution is 5.06. The van der Waals surface area contributed by atoms with Gasteiger partial charge in [0, 0.05) is 5.41 Å². The van der Waals surface area contributed by atoms with Gasteiger partial charge in [-0.1, -0.05) is 20.8 Å². The summed E-state index contributed by atoms with van der Waals surface area (Å²) in [5.74, 6) is 3.20. The van der Waals surface area contributed by atoms with E-state index < -0.39 is 0 Å². The van der Waals surface area contributed by atoms with Gasteiger partial charge < -0.3 is 9.47 Å². The molecular formula is C15H26O2. The van der Waals surface area contributed by atoms with Crippen molar-refractivity contribution in [2.75, 3.05) is 13.2 Å². The van der Waals surface area contributed by atoms with Gasteiger partial charge in [0.05, 0.1) is 13.2 Å². The first kappa shape index (κ1) is 12.0. The van der Waals surface area contributed by atoms with Crippen LogP contribution in [0.2, 0.25) is 0 Å².